The molecule has 5 nitrogen and oxygen atoms in total. The molecule has 0 aliphatic carbocycles. The highest BCUT2D eigenvalue weighted by atomic mass is 15.4. The first-order valence-corrected chi connectivity index (χ1v) is 5.48. The van der Waals surface area contributed by atoms with Crippen molar-refractivity contribution in [2.75, 3.05) is 5.73 Å². The molecule has 2 aromatic heterocycles. The summed E-state index contributed by atoms with van der Waals surface area (Å²) < 4.78 is 3.92. The lowest BCUT2D eigenvalue weighted by Gasteiger charge is -2.09. The maximum atomic E-state index is 6.06. The monoisotopic (exact) mass is 219 g/mol. The predicted octanol–water partition coefficient (Wildman–Crippen LogP) is 1.68. The summed E-state index contributed by atoms with van der Waals surface area (Å²) in [5, 5.41) is 4.44. The van der Waals surface area contributed by atoms with Crippen molar-refractivity contribution in [3.63, 3.8) is 0 Å². The SMILES string of the molecule is CCCn1nc(C)c(N)c1-n1ccnc1C. The van der Waals surface area contributed by atoms with Crippen LogP contribution in [0.15, 0.2) is 12.4 Å². The van der Waals surface area contributed by atoms with Crippen LogP contribution in [0.5, 0.6) is 0 Å². The van der Waals surface area contributed by atoms with E-state index in [0.29, 0.717) is 0 Å². The highest BCUT2D eigenvalue weighted by molar-refractivity contribution is 5.57. The predicted molar refractivity (Wildman–Crippen MR) is 63.5 cm³/mol. The molecule has 0 aromatic carbocycles. The van der Waals surface area contributed by atoms with E-state index in [2.05, 4.69) is 17.0 Å². The van der Waals surface area contributed by atoms with Crippen molar-refractivity contribution in [1.29, 1.82) is 0 Å². The van der Waals surface area contributed by atoms with Crippen LogP contribution in [0, 0.1) is 13.8 Å². The van der Waals surface area contributed by atoms with Gasteiger partial charge in [-0.15, -0.1) is 0 Å². The number of imidazole rings is 1. The Bertz CT molecular complexity index is 494. The van der Waals surface area contributed by atoms with Gasteiger partial charge in [-0.3, -0.25) is 4.57 Å². The zero-order chi connectivity index (χ0) is 11.7. The van der Waals surface area contributed by atoms with Gasteiger partial charge < -0.3 is 5.73 Å². The van der Waals surface area contributed by atoms with Crippen LogP contribution in [-0.2, 0) is 6.54 Å². The second-order valence-corrected chi connectivity index (χ2v) is 3.89. The topological polar surface area (TPSA) is 61.7 Å². The lowest BCUT2D eigenvalue weighted by atomic mass is 10.4. The fraction of sp³-hybridized carbons (Fsp3) is 0.455. The van der Waals surface area contributed by atoms with Crippen LogP contribution in [0.25, 0.3) is 5.82 Å². The zero-order valence-electron chi connectivity index (χ0n) is 9.94. The maximum Gasteiger partial charge on any atom is 0.160 e. The molecular weight excluding hydrogens is 202 g/mol. The molecule has 2 rings (SSSR count). The molecule has 0 spiro atoms. The molecule has 0 fully saturated rings. The summed E-state index contributed by atoms with van der Waals surface area (Å²) in [7, 11) is 0. The van der Waals surface area contributed by atoms with Gasteiger partial charge in [-0.25, -0.2) is 9.67 Å². The Morgan fingerprint density at radius 3 is 2.69 bits per heavy atom. The van der Waals surface area contributed by atoms with Crippen molar-refractivity contribution >= 4 is 5.69 Å². The minimum absolute atomic E-state index is 0.731. The Morgan fingerprint density at radius 2 is 2.12 bits per heavy atom. The second kappa shape index (κ2) is 4.00. The number of nitrogen functional groups attached to an aromatic ring is 1. The Kier molecular flexibility index (Phi) is 2.68. The van der Waals surface area contributed by atoms with Gasteiger partial charge in [0.1, 0.15) is 5.82 Å². The van der Waals surface area contributed by atoms with E-state index in [9.17, 15) is 0 Å². The van der Waals surface area contributed by atoms with E-state index in [4.69, 9.17) is 5.73 Å². The van der Waals surface area contributed by atoms with E-state index < -0.39 is 0 Å². The van der Waals surface area contributed by atoms with Crippen LogP contribution >= 0.6 is 0 Å². The van der Waals surface area contributed by atoms with E-state index in [0.717, 1.165) is 36.0 Å². The average Bonchev–Trinajstić information content (AvgIpc) is 2.75. The van der Waals surface area contributed by atoms with Gasteiger partial charge in [-0.1, -0.05) is 6.92 Å². The Balaban J connectivity index is 2.58. The molecule has 0 unspecified atom stereocenters. The first-order valence-electron chi connectivity index (χ1n) is 5.48. The highest BCUT2D eigenvalue weighted by Crippen LogP contribution is 2.22. The van der Waals surface area contributed by atoms with Crippen molar-refractivity contribution < 1.29 is 0 Å². The maximum absolute atomic E-state index is 6.06. The minimum Gasteiger partial charge on any atom is -0.394 e. The minimum atomic E-state index is 0.731. The molecule has 0 atom stereocenters. The third kappa shape index (κ3) is 1.58. The van der Waals surface area contributed by atoms with Crippen molar-refractivity contribution in [2.24, 2.45) is 0 Å². The van der Waals surface area contributed by atoms with Crippen LogP contribution in [0.2, 0.25) is 0 Å². The van der Waals surface area contributed by atoms with Gasteiger partial charge in [0.2, 0.25) is 0 Å². The third-order valence-electron chi connectivity index (χ3n) is 2.64. The van der Waals surface area contributed by atoms with Crippen LogP contribution in [0.3, 0.4) is 0 Å². The number of hydrogen-bond acceptors (Lipinski definition) is 3. The van der Waals surface area contributed by atoms with Gasteiger partial charge in [0.05, 0.1) is 11.4 Å². The summed E-state index contributed by atoms with van der Waals surface area (Å²) in [5.41, 5.74) is 7.66. The Hall–Kier alpha value is -1.78. The largest absolute Gasteiger partial charge is 0.394 e. The average molecular weight is 219 g/mol. The molecule has 0 aliphatic heterocycles. The highest BCUT2D eigenvalue weighted by Gasteiger charge is 2.14. The number of anilines is 1. The fourth-order valence-corrected chi connectivity index (χ4v) is 1.81. The normalized spacial score (nSPS) is 10.9. The molecule has 2 heterocycles. The molecule has 0 radical (unpaired) electrons. The van der Waals surface area contributed by atoms with Gasteiger partial charge in [0.25, 0.3) is 0 Å². The molecular formula is C11H17N5. The summed E-state index contributed by atoms with van der Waals surface area (Å²) in [4.78, 5) is 4.21. The second-order valence-electron chi connectivity index (χ2n) is 3.89. The van der Waals surface area contributed by atoms with Gasteiger partial charge in [-0.2, -0.15) is 5.10 Å². The Labute approximate surface area is 94.9 Å². The number of hydrogen-bond donors (Lipinski definition) is 1. The first kappa shape index (κ1) is 10.7. The summed E-state index contributed by atoms with van der Waals surface area (Å²) in [5.74, 6) is 1.85. The number of rotatable bonds is 3. The van der Waals surface area contributed by atoms with Crippen molar-refractivity contribution in [3.8, 4) is 5.82 Å². The third-order valence-corrected chi connectivity index (χ3v) is 2.64. The molecule has 5 heteroatoms. The number of nitrogens with zero attached hydrogens (tertiary/aromatic N) is 4. The molecule has 2 aromatic rings. The van der Waals surface area contributed by atoms with Crippen LogP contribution in [0.4, 0.5) is 5.69 Å². The summed E-state index contributed by atoms with van der Waals surface area (Å²) in [6.07, 6.45) is 4.71. The van der Waals surface area contributed by atoms with Crippen molar-refractivity contribution in [1.82, 2.24) is 19.3 Å². The lowest BCUT2D eigenvalue weighted by Crippen LogP contribution is -2.09. The first-order chi connectivity index (χ1) is 7.65. The Morgan fingerprint density at radius 1 is 1.38 bits per heavy atom. The molecule has 0 bridgehead atoms. The lowest BCUT2D eigenvalue weighted by molar-refractivity contribution is 0.582. The molecule has 86 valence electrons. The summed E-state index contributed by atoms with van der Waals surface area (Å²) >= 11 is 0. The van der Waals surface area contributed by atoms with E-state index in [-0.39, 0.29) is 0 Å². The molecule has 0 aliphatic rings. The van der Waals surface area contributed by atoms with E-state index in [1.165, 1.54) is 0 Å². The number of nitrogens with two attached hydrogens (primary N) is 1. The zero-order valence-corrected chi connectivity index (χ0v) is 9.94. The number of aromatic nitrogens is 4. The van der Waals surface area contributed by atoms with Crippen molar-refractivity contribution in [3.05, 3.63) is 23.9 Å². The van der Waals surface area contributed by atoms with Crippen LogP contribution in [-0.4, -0.2) is 19.3 Å². The standard InChI is InChI=1S/C11H17N5/c1-4-6-16-11(10(12)8(2)14-16)15-7-5-13-9(15)3/h5,7H,4,6,12H2,1-3H3. The molecule has 2 N–H and O–H groups in total. The van der Waals surface area contributed by atoms with E-state index >= 15 is 0 Å². The summed E-state index contributed by atoms with van der Waals surface area (Å²) in [6.45, 7) is 6.87. The number of aryl methyl sites for hydroxylation is 3. The molecule has 0 saturated carbocycles. The quantitative estimate of drug-likeness (QED) is 0.854. The smallest absolute Gasteiger partial charge is 0.160 e. The molecule has 0 amide bonds. The van der Waals surface area contributed by atoms with E-state index in [1.54, 1.807) is 6.20 Å². The van der Waals surface area contributed by atoms with Gasteiger partial charge in [0, 0.05) is 18.9 Å². The fourth-order valence-electron chi connectivity index (χ4n) is 1.81. The van der Waals surface area contributed by atoms with Crippen LogP contribution in [0.1, 0.15) is 24.9 Å². The van der Waals surface area contributed by atoms with Gasteiger partial charge in [-0.05, 0) is 20.3 Å². The molecule has 0 saturated heterocycles. The van der Waals surface area contributed by atoms with Gasteiger partial charge >= 0.3 is 0 Å². The van der Waals surface area contributed by atoms with E-state index in [1.807, 2.05) is 29.3 Å². The van der Waals surface area contributed by atoms with Gasteiger partial charge in [0.15, 0.2) is 5.82 Å². The summed E-state index contributed by atoms with van der Waals surface area (Å²) in [6, 6.07) is 0. The van der Waals surface area contributed by atoms with Crippen molar-refractivity contribution in [2.45, 2.75) is 33.7 Å². The molecule has 16 heavy (non-hydrogen) atoms. The van der Waals surface area contributed by atoms with Crippen LogP contribution < -0.4 is 5.73 Å².